The minimum atomic E-state index is -0.477. The van der Waals surface area contributed by atoms with Gasteiger partial charge in [0.05, 0.1) is 0 Å². The molecular weight excluding hydrogens is 456 g/mol. The summed E-state index contributed by atoms with van der Waals surface area (Å²) < 4.78 is 5.78. The molecule has 3 nitrogen and oxygen atoms in total. The number of esters is 1. The van der Waals surface area contributed by atoms with E-state index in [4.69, 9.17) is 4.74 Å². The highest BCUT2D eigenvalue weighted by Gasteiger charge is 2.17. The van der Waals surface area contributed by atoms with Crippen LogP contribution in [0.4, 0.5) is 0 Å². The van der Waals surface area contributed by atoms with E-state index >= 15 is 0 Å². The summed E-state index contributed by atoms with van der Waals surface area (Å²) in [4.78, 5) is 13.0. The zero-order chi connectivity index (χ0) is 26.6. The zero-order valence-electron chi connectivity index (χ0n) is 23.7. The van der Waals surface area contributed by atoms with Crippen LogP contribution >= 0.6 is 0 Å². The first-order valence-corrected chi connectivity index (χ1v) is 15.3. The summed E-state index contributed by atoms with van der Waals surface area (Å²) in [6.07, 6.45) is 23.3. The molecular formula is C34H52O3. The van der Waals surface area contributed by atoms with Crippen LogP contribution in [0, 0.1) is 0 Å². The van der Waals surface area contributed by atoms with E-state index in [1.165, 1.54) is 89.9 Å². The summed E-state index contributed by atoms with van der Waals surface area (Å²) in [6, 6.07) is 13.2. The summed E-state index contributed by atoms with van der Waals surface area (Å²) in [5.41, 5.74) is 2.16. The second kappa shape index (κ2) is 19.8. The van der Waals surface area contributed by atoms with Crippen molar-refractivity contribution in [2.24, 2.45) is 0 Å². The van der Waals surface area contributed by atoms with Crippen LogP contribution in [0.1, 0.15) is 144 Å². The van der Waals surface area contributed by atoms with Gasteiger partial charge in [0.25, 0.3) is 0 Å². The Morgan fingerprint density at radius 3 is 1.62 bits per heavy atom. The standard InChI is InChI=1S/C34H52O3/c1-3-5-7-9-11-12-13-15-17-19-25-30-26-22-27-31(33(30)35)34(36)37-32-28-21-20-24-29(32)23-18-16-14-10-8-6-4-2/h20-22,24,26-28,35H,3-19,23,25H2,1-2H3. The minimum Gasteiger partial charge on any atom is -0.507 e. The maximum atomic E-state index is 13.0. The number of para-hydroxylation sites is 2. The van der Waals surface area contributed by atoms with E-state index in [1.54, 1.807) is 6.07 Å². The number of hydrogen-bond acceptors (Lipinski definition) is 3. The Hall–Kier alpha value is -2.29. The molecule has 0 aliphatic heterocycles. The van der Waals surface area contributed by atoms with E-state index in [0.29, 0.717) is 5.75 Å². The number of aromatic hydroxyl groups is 1. The van der Waals surface area contributed by atoms with Crippen molar-refractivity contribution >= 4 is 5.97 Å². The van der Waals surface area contributed by atoms with Crippen LogP contribution in [0.15, 0.2) is 42.5 Å². The number of unbranched alkanes of at least 4 members (excludes halogenated alkanes) is 15. The van der Waals surface area contributed by atoms with Crippen molar-refractivity contribution < 1.29 is 14.6 Å². The number of hydrogen-bond donors (Lipinski definition) is 1. The molecule has 2 aromatic carbocycles. The first kappa shape index (κ1) is 30.9. The van der Waals surface area contributed by atoms with E-state index in [-0.39, 0.29) is 11.3 Å². The molecule has 0 atom stereocenters. The summed E-state index contributed by atoms with van der Waals surface area (Å²) in [7, 11) is 0. The number of phenols is 1. The molecule has 0 saturated carbocycles. The molecule has 0 bridgehead atoms. The molecule has 0 aromatic heterocycles. The molecule has 0 fully saturated rings. The molecule has 0 heterocycles. The molecule has 0 unspecified atom stereocenters. The molecule has 0 spiro atoms. The summed E-state index contributed by atoms with van der Waals surface area (Å²) in [6.45, 7) is 4.50. The molecule has 206 valence electrons. The summed E-state index contributed by atoms with van der Waals surface area (Å²) >= 11 is 0. The van der Waals surface area contributed by atoms with Gasteiger partial charge in [0.15, 0.2) is 0 Å². The Balaban J connectivity index is 1.78. The van der Waals surface area contributed by atoms with Crippen molar-refractivity contribution in [3.63, 3.8) is 0 Å². The van der Waals surface area contributed by atoms with Gasteiger partial charge in [0.1, 0.15) is 17.1 Å². The Kier molecular flexibility index (Phi) is 16.5. The lowest BCUT2D eigenvalue weighted by Gasteiger charge is -2.12. The van der Waals surface area contributed by atoms with E-state index in [2.05, 4.69) is 13.8 Å². The fourth-order valence-corrected chi connectivity index (χ4v) is 5.00. The Bertz CT molecular complexity index is 873. The fourth-order valence-electron chi connectivity index (χ4n) is 5.00. The molecule has 2 rings (SSSR count). The van der Waals surface area contributed by atoms with E-state index < -0.39 is 5.97 Å². The quantitative estimate of drug-likeness (QED) is 0.104. The van der Waals surface area contributed by atoms with Gasteiger partial charge in [0.2, 0.25) is 0 Å². The molecule has 0 aliphatic carbocycles. The average Bonchev–Trinajstić information content (AvgIpc) is 2.91. The van der Waals surface area contributed by atoms with Crippen molar-refractivity contribution in [1.82, 2.24) is 0 Å². The number of benzene rings is 2. The van der Waals surface area contributed by atoms with Crippen molar-refractivity contribution in [1.29, 1.82) is 0 Å². The van der Waals surface area contributed by atoms with Gasteiger partial charge in [-0.05, 0) is 48.9 Å². The lowest BCUT2D eigenvalue weighted by Crippen LogP contribution is -2.11. The maximum absolute atomic E-state index is 13.0. The van der Waals surface area contributed by atoms with Crippen LogP contribution in [-0.2, 0) is 12.8 Å². The third-order valence-electron chi connectivity index (χ3n) is 7.36. The predicted molar refractivity (Wildman–Crippen MR) is 157 cm³/mol. The highest BCUT2D eigenvalue weighted by atomic mass is 16.5. The topological polar surface area (TPSA) is 46.5 Å². The third-order valence-corrected chi connectivity index (χ3v) is 7.36. The van der Waals surface area contributed by atoms with Crippen molar-refractivity contribution in [2.75, 3.05) is 0 Å². The molecule has 0 radical (unpaired) electrons. The minimum absolute atomic E-state index is 0.0768. The van der Waals surface area contributed by atoms with E-state index in [0.717, 1.165) is 43.2 Å². The van der Waals surface area contributed by atoms with Gasteiger partial charge >= 0.3 is 5.97 Å². The number of phenolic OH excluding ortho intramolecular Hbond substituents is 1. The second-order valence-corrected chi connectivity index (χ2v) is 10.6. The molecule has 0 saturated heterocycles. The monoisotopic (exact) mass is 508 g/mol. The molecule has 0 aliphatic rings. The molecule has 0 amide bonds. The van der Waals surface area contributed by atoms with E-state index in [1.807, 2.05) is 36.4 Å². The van der Waals surface area contributed by atoms with E-state index in [9.17, 15) is 9.90 Å². The number of ether oxygens (including phenoxy) is 1. The molecule has 1 N–H and O–H groups in total. The molecule has 3 heteroatoms. The highest BCUT2D eigenvalue weighted by molar-refractivity contribution is 5.94. The molecule has 37 heavy (non-hydrogen) atoms. The van der Waals surface area contributed by atoms with Crippen molar-refractivity contribution in [3.8, 4) is 11.5 Å². The van der Waals surface area contributed by atoms with Gasteiger partial charge < -0.3 is 9.84 Å². The largest absolute Gasteiger partial charge is 0.507 e. The lowest BCUT2D eigenvalue weighted by molar-refractivity contribution is 0.0729. The van der Waals surface area contributed by atoms with Crippen LogP contribution in [0.3, 0.4) is 0 Å². The van der Waals surface area contributed by atoms with Crippen LogP contribution in [0.2, 0.25) is 0 Å². The smallest absolute Gasteiger partial charge is 0.347 e. The van der Waals surface area contributed by atoms with Crippen LogP contribution in [-0.4, -0.2) is 11.1 Å². The third kappa shape index (κ3) is 12.7. The van der Waals surface area contributed by atoms with Crippen LogP contribution in [0.5, 0.6) is 11.5 Å². The summed E-state index contributed by atoms with van der Waals surface area (Å²) in [5.74, 6) is 0.209. The molecule has 2 aromatic rings. The number of rotatable bonds is 21. The Morgan fingerprint density at radius 2 is 1.05 bits per heavy atom. The number of carbonyl (C=O) groups excluding carboxylic acids is 1. The van der Waals surface area contributed by atoms with Crippen molar-refractivity contribution in [3.05, 3.63) is 59.2 Å². The number of carbonyl (C=O) groups is 1. The number of aryl methyl sites for hydroxylation is 2. The van der Waals surface area contributed by atoms with Crippen molar-refractivity contribution in [2.45, 2.75) is 136 Å². The van der Waals surface area contributed by atoms with Gasteiger partial charge in [-0.15, -0.1) is 0 Å². The van der Waals surface area contributed by atoms with Crippen LogP contribution < -0.4 is 4.74 Å². The summed E-state index contributed by atoms with van der Waals surface area (Å²) in [5, 5.41) is 10.8. The van der Waals surface area contributed by atoms with Gasteiger partial charge in [-0.1, -0.05) is 140 Å². The van der Waals surface area contributed by atoms with Gasteiger partial charge in [-0.3, -0.25) is 0 Å². The Morgan fingerprint density at radius 1 is 0.595 bits per heavy atom. The van der Waals surface area contributed by atoms with Crippen LogP contribution in [0.25, 0.3) is 0 Å². The normalized spacial score (nSPS) is 11.1. The highest BCUT2D eigenvalue weighted by Crippen LogP contribution is 2.28. The van der Waals surface area contributed by atoms with Gasteiger partial charge in [0, 0.05) is 0 Å². The lowest BCUT2D eigenvalue weighted by atomic mass is 10.0. The first-order valence-electron chi connectivity index (χ1n) is 15.3. The maximum Gasteiger partial charge on any atom is 0.347 e. The zero-order valence-corrected chi connectivity index (χ0v) is 23.7. The SMILES string of the molecule is CCCCCCCCCCCCc1cccc(C(=O)Oc2ccccc2CCCCCCCCC)c1O. The fraction of sp³-hybridized carbons (Fsp3) is 0.618. The Labute approximate surface area is 227 Å². The van der Waals surface area contributed by atoms with Gasteiger partial charge in [-0.25, -0.2) is 4.79 Å². The average molecular weight is 509 g/mol. The first-order chi connectivity index (χ1) is 18.2. The predicted octanol–water partition coefficient (Wildman–Crippen LogP) is 10.4. The van der Waals surface area contributed by atoms with Gasteiger partial charge in [-0.2, -0.15) is 0 Å². The second-order valence-electron chi connectivity index (χ2n) is 10.6.